The van der Waals surface area contributed by atoms with Gasteiger partial charge in [0, 0.05) is 16.5 Å². The summed E-state index contributed by atoms with van der Waals surface area (Å²) in [6.07, 6.45) is 11.6. The van der Waals surface area contributed by atoms with Crippen molar-refractivity contribution in [2.75, 3.05) is 0 Å². The summed E-state index contributed by atoms with van der Waals surface area (Å²) in [6.45, 7) is 0. The first-order chi connectivity index (χ1) is 41.1. The van der Waals surface area contributed by atoms with Gasteiger partial charge in [-0.1, -0.05) is 303 Å². The van der Waals surface area contributed by atoms with E-state index in [1.54, 1.807) is 0 Å². The van der Waals surface area contributed by atoms with E-state index in [0.29, 0.717) is 0 Å². The molecule has 1 nitrogen and oxygen atoms in total. The Labute approximate surface area is 488 Å². The van der Waals surface area contributed by atoms with Crippen molar-refractivity contribution < 1.29 is 0 Å². The van der Waals surface area contributed by atoms with Gasteiger partial charge in [-0.25, -0.2) is 0 Å². The molecule has 0 fully saturated rings. The van der Waals surface area contributed by atoms with Crippen LogP contribution in [0.1, 0.15) is 51.3 Å². The van der Waals surface area contributed by atoms with E-state index in [1.807, 2.05) is 0 Å². The van der Waals surface area contributed by atoms with Crippen molar-refractivity contribution in [3.63, 3.8) is 0 Å². The third-order valence-electron chi connectivity index (χ3n) is 16.8. The van der Waals surface area contributed by atoms with Crippen molar-refractivity contribution in [3.8, 4) is 83.7 Å². The summed E-state index contributed by atoms with van der Waals surface area (Å²) >= 11 is 0. The van der Waals surface area contributed by atoms with Crippen molar-refractivity contribution in [2.45, 2.75) is 25.2 Å². The SMILES string of the molecule is C(=C\c1ccc(-c2ccc3c(c2)CCC(Cc2ccccc2-c2cccc(-c4ccccc4)c2)c2c-3n(-c3ccccc3-c3cccc(-c4ccccc4)c3)c3cc(-c4ccc(/C=C/c5ccccc5)cc4)ccc23)cc1)/c1ccccc1. The van der Waals surface area contributed by atoms with E-state index in [-0.39, 0.29) is 5.92 Å². The Balaban J connectivity index is 0.954. The first-order valence-electron chi connectivity index (χ1n) is 29.1. The van der Waals surface area contributed by atoms with Gasteiger partial charge in [-0.15, -0.1) is 0 Å². The highest BCUT2D eigenvalue weighted by Crippen LogP contribution is 2.50. The van der Waals surface area contributed by atoms with Crippen molar-refractivity contribution in [1.82, 2.24) is 4.57 Å². The molecule has 0 saturated heterocycles. The third-order valence-corrected chi connectivity index (χ3v) is 16.8. The highest BCUT2D eigenvalue weighted by atomic mass is 15.0. The van der Waals surface area contributed by atoms with E-state index in [2.05, 4.69) is 332 Å². The molecule has 0 bridgehead atoms. The second-order valence-corrected chi connectivity index (χ2v) is 21.9. The maximum Gasteiger partial charge on any atom is 0.0578 e. The predicted molar refractivity (Wildman–Crippen MR) is 353 cm³/mol. The number of aromatic nitrogens is 1. The summed E-state index contributed by atoms with van der Waals surface area (Å²) in [7, 11) is 0. The van der Waals surface area contributed by atoms with Gasteiger partial charge in [0.2, 0.25) is 0 Å². The number of hydrogen-bond acceptors (Lipinski definition) is 0. The summed E-state index contributed by atoms with van der Waals surface area (Å²) in [5.41, 5.74) is 28.4. The zero-order valence-corrected chi connectivity index (χ0v) is 46.3. The average Bonchev–Trinajstić information content (AvgIpc) is 2.86. The lowest BCUT2D eigenvalue weighted by Crippen LogP contribution is -2.06. The molecule has 0 amide bonds. The number of nitrogens with zero attached hydrogens (tertiary/aromatic N) is 1. The quantitative estimate of drug-likeness (QED) is 0.101. The Kier molecular flexibility index (Phi) is 14.1. The van der Waals surface area contributed by atoms with E-state index < -0.39 is 0 Å². The Bertz CT molecular complexity index is 4470. The normalized spacial score (nSPS) is 13.0. The number of para-hydroxylation sites is 1. The van der Waals surface area contributed by atoms with Crippen molar-refractivity contribution in [3.05, 3.63) is 342 Å². The summed E-state index contributed by atoms with van der Waals surface area (Å²) in [4.78, 5) is 0. The number of rotatable bonds is 13. The number of hydrogen-bond donors (Lipinski definition) is 0. The molecule has 83 heavy (non-hydrogen) atoms. The van der Waals surface area contributed by atoms with Crippen molar-refractivity contribution in [1.29, 1.82) is 0 Å². The number of benzene rings is 12. The highest BCUT2D eigenvalue weighted by molar-refractivity contribution is 5.99. The fourth-order valence-electron chi connectivity index (χ4n) is 12.5. The molecule has 13 aromatic rings. The van der Waals surface area contributed by atoms with Crippen LogP contribution in [0.3, 0.4) is 0 Å². The van der Waals surface area contributed by atoms with Gasteiger partial charge in [0.15, 0.2) is 0 Å². The lowest BCUT2D eigenvalue weighted by molar-refractivity contribution is 0.633. The summed E-state index contributed by atoms with van der Waals surface area (Å²) in [5, 5.41) is 1.30. The highest BCUT2D eigenvalue weighted by Gasteiger charge is 2.32. The van der Waals surface area contributed by atoms with E-state index >= 15 is 0 Å². The van der Waals surface area contributed by atoms with Crippen molar-refractivity contribution in [2.24, 2.45) is 0 Å². The van der Waals surface area contributed by atoms with E-state index in [4.69, 9.17) is 0 Å². The van der Waals surface area contributed by atoms with E-state index in [1.165, 1.54) is 128 Å². The molecular formula is C82H61N. The summed E-state index contributed by atoms with van der Waals surface area (Å²) in [6, 6.07) is 112. The maximum absolute atomic E-state index is 2.65. The molecule has 0 spiro atoms. The topological polar surface area (TPSA) is 4.93 Å². The van der Waals surface area contributed by atoms with Crippen LogP contribution in [0.2, 0.25) is 0 Å². The Morgan fingerprint density at radius 2 is 0.735 bits per heavy atom. The van der Waals surface area contributed by atoms with Crippen LogP contribution in [0.15, 0.2) is 303 Å². The molecule has 0 radical (unpaired) electrons. The fraction of sp³-hybridized carbons (Fsp3) is 0.0488. The minimum absolute atomic E-state index is 0.189. The van der Waals surface area contributed by atoms with E-state index in [9.17, 15) is 0 Å². The van der Waals surface area contributed by atoms with Crippen LogP contribution in [-0.4, -0.2) is 4.57 Å². The van der Waals surface area contributed by atoms with Crippen LogP contribution < -0.4 is 0 Å². The molecule has 14 rings (SSSR count). The van der Waals surface area contributed by atoms with Crippen LogP contribution in [0.4, 0.5) is 0 Å². The maximum atomic E-state index is 2.65. The molecule has 1 aromatic heterocycles. The third kappa shape index (κ3) is 10.7. The standard InChI is InChI=1S/C82H61N/c1-5-19-58(20-6-1)35-37-60-39-43-64(44-40-60)68-49-51-77-73(55-68)47-48-74(56-70-27-13-14-32-75(70)71-30-17-28-66(53-71)62-23-9-3-10-24-62)81-78-52-50-69(65-45-41-61(42-46-65)38-36-59-21-7-2-8-22-59)57-80(78)83(82(77)81)79-34-16-15-33-76(79)72-31-18-29-67(54-72)63-25-11-4-12-26-63/h1-46,49-55,57,74H,47-48,56H2/b37-35+,38-36+. The smallest absolute Gasteiger partial charge is 0.0578 e. The van der Waals surface area contributed by atoms with Gasteiger partial charge >= 0.3 is 0 Å². The van der Waals surface area contributed by atoms with Gasteiger partial charge in [0.05, 0.1) is 16.9 Å². The van der Waals surface area contributed by atoms with Gasteiger partial charge in [0.25, 0.3) is 0 Å². The molecular weight excluding hydrogens is 999 g/mol. The van der Waals surface area contributed by atoms with Gasteiger partial charge in [-0.2, -0.15) is 0 Å². The lowest BCUT2D eigenvalue weighted by Gasteiger charge is -2.20. The first kappa shape index (κ1) is 50.9. The monoisotopic (exact) mass is 1060 g/mol. The first-order valence-corrected chi connectivity index (χ1v) is 29.1. The Hall–Kier alpha value is -10.3. The minimum atomic E-state index is 0.189. The van der Waals surface area contributed by atoms with Gasteiger partial charge in [-0.05, 0) is 150 Å². The molecule has 0 N–H and O–H groups in total. The molecule has 1 aliphatic rings. The van der Waals surface area contributed by atoms with E-state index in [0.717, 1.165) is 24.9 Å². The second kappa shape index (κ2) is 23.0. The molecule has 394 valence electrons. The molecule has 1 aliphatic carbocycles. The summed E-state index contributed by atoms with van der Waals surface area (Å²) in [5.74, 6) is 0.189. The Morgan fingerprint density at radius 3 is 1.33 bits per heavy atom. The van der Waals surface area contributed by atoms with Gasteiger partial charge in [-0.3, -0.25) is 0 Å². The van der Waals surface area contributed by atoms with Crippen LogP contribution in [0.5, 0.6) is 0 Å². The second-order valence-electron chi connectivity index (χ2n) is 21.9. The minimum Gasteiger partial charge on any atom is -0.308 e. The van der Waals surface area contributed by atoms with Crippen LogP contribution >= 0.6 is 0 Å². The number of fused-ring (bicyclic) bond motifs is 5. The molecule has 0 saturated carbocycles. The van der Waals surface area contributed by atoms with Crippen molar-refractivity contribution >= 4 is 35.2 Å². The Morgan fingerprint density at radius 1 is 0.313 bits per heavy atom. The fourth-order valence-corrected chi connectivity index (χ4v) is 12.5. The molecule has 1 heterocycles. The molecule has 1 unspecified atom stereocenters. The molecule has 0 aliphatic heterocycles. The molecule has 1 atom stereocenters. The zero-order valence-electron chi connectivity index (χ0n) is 46.3. The van der Waals surface area contributed by atoms with Gasteiger partial charge < -0.3 is 4.57 Å². The van der Waals surface area contributed by atoms with Crippen LogP contribution in [-0.2, 0) is 12.8 Å². The average molecular weight is 1060 g/mol. The largest absolute Gasteiger partial charge is 0.308 e. The van der Waals surface area contributed by atoms with Crippen LogP contribution in [0.25, 0.3) is 119 Å². The zero-order chi connectivity index (χ0) is 55.3. The molecule has 1 heteroatoms. The lowest BCUT2D eigenvalue weighted by atomic mass is 9.84. The van der Waals surface area contributed by atoms with Crippen LogP contribution in [0, 0.1) is 0 Å². The number of aryl methyl sites for hydroxylation is 1. The predicted octanol–water partition coefficient (Wildman–Crippen LogP) is 21.9. The van der Waals surface area contributed by atoms with Gasteiger partial charge in [0.1, 0.15) is 0 Å². The summed E-state index contributed by atoms with van der Waals surface area (Å²) < 4.78 is 2.65. The molecule has 12 aromatic carbocycles.